The Hall–Kier alpha value is -2.00. The number of aliphatic hydroxyl groups is 1. The maximum atomic E-state index is 11.9. The third-order valence-corrected chi connectivity index (χ3v) is 5.34. The molecule has 1 unspecified atom stereocenters. The monoisotopic (exact) mass is 498 g/mol. The third-order valence-electron chi connectivity index (χ3n) is 5.34. The summed E-state index contributed by atoms with van der Waals surface area (Å²) in [4.78, 5) is 47.2. The van der Waals surface area contributed by atoms with E-state index in [1.807, 2.05) is 13.8 Å². The maximum absolute atomic E-state index is 11.9. The highest BCUT2D eigenvalue weighted by Gasteiger charge is 2.13. The molecule has 0 rings (SSSR count). The van der Waals surface area contributed by atoms with Crippen LogP contribution in [0.1, 0.15) is 98.3 Å². The Balaban J connectivity index is 3.57. The summed E-state index contributed by atoms with van der Waals surface area (Å²) in [6.45, 7) is 10.7. The van der Waals surface area contributed by atoms with Crippen LogP contribution in [0.3, 0.4) is 0 Å². The minimum atomic E-state index is -0.770. The number of aliphatic hydroxyl groups excluding tert-OH is 1. The molecule has 1 atom stereocenters. The van der Waals surface area contributed by atoms with E-state index in [1.54, 1.807) is 0 Å². The number of unbranched alkanes of at least 4 members (excludes halogenated alkanes) is 2. The Kier molecular flexibility index (Phi) is 20.1. The summed E-state index contributed by atoms with van der Waals surface area (Å²) in [5, 5.41) is 21.7. The van der Waals surface area contributed by atoms with Crippen molar-refractivity contribution in [3.8, 4) is 0 Å². The van der Waals surface area contributed by atoms with Crippen molar-refractivity contribution in [2.75, 3.05) is 26.2 Å². The van der Waals surface area contributed by atoms with Crippen LogP contribution in [0.25, 0.3) is 0 Å². The highest BCUT2D eigenvalue weighted by atomic mass is 16.3. The van der Waals surface area contributed by atoms with Gasteiger partial charge in [0, 0.05) is 57.8 Å². The first kappa shape index (κ1) is 33.0. The number of carbonyl (C=O) groups is 4. The summed E-state index contributed by atoms with van der Waals surface area (Å²) < 4.78 is 0. The van der Waals surface area contributed by atoms with E-state index < -0.39 is 6.10 Å². The molecule has 0 aliphatic carbocycles. The molecule has 5 N–H and O–H groups in total. The molecule has 0 aliphatic heterocycles. The average Bonchev–Trinajstić information content (AvgIpc) is 2.76. The highest BCUT2D eigenvalue weighted by molar-refractivity contribution is 5.79. The van der Waals surface area contributed by atoms with Gasteiger partial charge in [0.15, 0.2) is 0 Å². The molecule has 9 heteroatoms. The molecular weight excluding hydrogens is 448 g/mol. The van der Waals surface area contributed by atoms with E-state index in [2.05, 4.69) is 35.1 Å². The number of amides is 3. The Bertz CT molecular complexity index is 611. The number of carbonyl (C=O) groups excluding carboxylic acids is 4. The molecule has 0 saturated carbocycles. The molecule has 0 fully saturated rings. The number of hydrogen-bond acceptors (Lipinski definition) is 6. The van der Waals surface area contributed by atoms with Gasteiger partial charge in [0.2, 0.25) is 17.7 Å². The Morgan fingerprint density at radius 1 is 0.629 bits per heavy atom. The summed E-state index contributed by atoms with van der Waals surface area (Å²) in [6, 6.07) is 0.451. The molecule has 9 nitrogen and oxygen atoms in total. The minimum Gasteiger partial charge on any atom is -0.393 e. The number of hydrogen-bond donors (Lipinski definition) is 5. The molecule has 0 spiro atoms. The van der Waals surface area contributed by atoms with Crippen LogP contribution in [0.5, 0.6) is 0 Å². The van der Waals surface area contributed by atoms with Gasteiger partial charge in [-0.3, -0.25) is 19.2 Å². The van der Waals surface area contributed by atoms with Gasteiger partial charge in [-0.15, -0.1) is 0 Å². The fraction of sp³-hybridized carbons (Fsp3) is 0.846. The van der Waals surface area contributed by atoms with Crippen LogP contribution in [0.2, 0.25) is 0 Å². The van der Waals surface area contributed by atoms with E-state index in [0.717, 1.165) is 25.8 Å². The largest absolute Gasteiger partial charge is 0.393 e. The predicted octanol–water partition coefficient (Wildman–Crippen LogP) is 2.21. The maximum Gasteiger partial charge on any atom is 0.220 e. The van der Waals surface area contributed by atoms with E-state index in [9.17, 15) is 24.3 Å². The van der Waals surface area contributed by atoms with Gasteiger partial charge in [-0.1, -0.05) is 27.7 Å². The molecule has 0 saturated heterocycles. The van der Waals surface area contributed by atoms with Gasteiger partial charge >= 0.3 is 0 Å². The normalized spacial score (nSPS) is 12.0. The van der Waals surface area contributed by atoms with E-state index >= 15 is 0 Å². The lowest BCUT2D eigenvalue weighted by Crippen LogP contribution is -2.29. The summed E-state index contributed by atoms with van der Waals surface area (Å²) in [7, 11) is 0. The van der Waals surface area contributed by atoms with Crippen LogP contribution in [0, 0.1) is 5.92 Å². The topological polar surface area (TPSA) is 137 Å². The van der Waals surface area contributed by atoms with Gasteiger partial charge in [-0.05, 0) is 51.0 Å². The van der Waals surface area contributed by atoms with Crippen LogP contribution in [0.15, 0.2) is 0 Å². The summed E-state index contributed by atoms with van der Waals surface area (Å²) >= 11 is 0. The molecule has 0 aromatic carbocycles. The zero-order valence-corrected chi connectivity index (χ0v) is 22.4. The molecule has 0 heterocycles. The molecule has 35 heavy (non-hydrogen) atoms. The fourth-order valence-electron chi connectivity index (χ4n) is 3.45. The minimum absolute atomic E-state index is 0.0183. The summed E-state index contributed by atoms with van der Waals surface area (Å²) in [5.74, 6) is 0.177. The van der Waals surface area contributed by atoms with Crippen molar-refractivity contribution < 1.29 is 24.3 Å². The molecule has 0 bridgehead atoms. The number of nitrogens with one attached hydrogen (secondary N) is 4. The van der Waals surface area contributed by atoms with E-state index in [1.165, 1.54) is 0 Å². The van der Waals surface area contributed by atoms with Crippen LogP contribution >= 0.6 is 0 Å². The van der Waals surface area contributed by atoms with Gasteiger partial charge < -0.3 is 26.4 Å². The molecule has 0 aromatic heterocycles. The first-order valence-corrected chi connectivity index (χ1v) is 13.3. The zero-order valence-electron chi connectivity index (χ0n) is 22.4. The van der Waals surface area contributed by atoms with Gasteiger partial charge in [-0.2, -0.15) is 0 Å². The van der Waals surface area contributed by atoms with Crippen molar-refractivity contribution in [1.82, 2.24) is 21.3 Å². The zero-order chi connectivity index (χ0) is 26.5. The Labute approximate surface area is 212 Å². The summed E-state index contributed by atoms with van der Waals surface area (Å²) in [5.41, 5.74) is 0. The van der Waals surface area contributed by atoms with Crippen LogP contribution in [0.4, 0.5) is 0 Å². The third kappa shape index (κ3) is 23.5. The molecule has 3 amide bonds. The fourth-order valence-corrected chi connectivity index (χ4v) is 3.45. The van der Waals surface area contributed by atoms with Crippen LogP contribution < -0.4 is 21.3 Å². The SMILES string of the molecule is CC(C)CC(=O)CC(O)CCC(=O)NCCCCNC(=O)CCCCC(=O)NCCCNC(C)C. The predicted molar refractivity (Wildman–Crippen MR) is 139 cm³/mol. The van der Waals surface area contributed by atoms with Gasteiger partial charge in [0.1, 0.15) is 5.78 Å². The average molecular weight is 499 g/mol. The summed E-state index contributed by atoms with van der Waals surface area (Å²) in [6.07, 6.45) is 4.89. The van der Waals surface area contributed by atoms with Crippen molar-refractivity contribution in [1.29, 1.82) is 0 Å². The highest BCUT2D eigenvalue weighted by Crippen LogP contribution is 2.08. The lowest BCUT2D eigenvalue weighted by molar-refractivity contribution is -0.124. The van der Waals surface area contributed by atoms with Crippen molar-refractivity contribution in [2.24, 2.45) is 5.92 Å². The second-order valence-electron chi connectivity index (χ2n) is 9.96. The molecule has 0 aromatic rings. The smallest absolute Gasteiger partial charge is 0.220 e. The lowest BCUT2D eigenvalue weighted by atomic mass is 10.0. The Morgan fingerprint density at radius 2 is 1.11 bits per heavy atom. The van der Waals surface area contributed by atoms with E-state index in [4.69, 9.17) is 0 Å². The number of ketones is 1. The van der Waals surface area contributed by atoms with Crippen LogP contribution in [-0.2, 0) is 19.2 Å². The van der Waals surface area contributed by atoms with Crippen LogP contribution in [-0.4, -0.2) is 66.9 Å². The van der Waals surface area contributed by atoms with Crippen molar-refractivity contribution in [3.05, 3.63) is 0 Å². The van der Waals surface area contributed by atoms with Gasteiger partial charge in [0.25, 0.3) is 0 Å². The Morgan fingerprint density at radius 3 is 1.60 bits per heavy atom. The molecular formula is C26H50N4O5. The number of rotatable bonds is 22. The van der Waals surface area contributed by atoms with Gasteiger partial charge in [0.05, 0.1) is 6.10 Å². The molecule has 0 radical (unpaired) electrons. The molecule has 0 aliphatic rings. The van der Waals surface area contributed by atoms with Crippen molar-refractivity contribution in [2.45, 2.75) is 110 Å². The quantitative estimate of drug-likeness (QED) is 0.145. The molecule has 204 valence electrons. The van der Waals surface area contributed by atoms with Gasteiger partial charge in [-0.25, -0.2) is 0 Å². The van der Waals surface area contributed by atoms with Crippen molar-refractivity contribution >= 4 is 23.5 Å². The first-order valence-electron chi connectivity index (χ1n) is 13.3. The second kappa shape index (κ2) is 21.3. The standard InChI is InChI=1S/C26H50N4O5/c1-20(2)18-23(32)19-22(31)12-13-26(35)29-15-8-7-14-28-24(33)10-5-6-11-25(34)30-17-9-16-27-21(3)4/h20-22,27,31H,5-19H2,1-4H3,(H,28,33)(H,29,35)(H,30,34). The van der Waals surface area contributed by atoms with E-state index in [-0.39, 0.29) is 48.7 Å². The second-order valence-corrected chi connectivity index (χ2v) is 9.96. The lowest BCUT2D eigenvalue weighted by Gasteiger charge is -2.11. The number of Topliss-reactive ketones (excluding diaryl/α,β-unsaturated/α-hetero) is 1. The van der Waals surface area contributed by atoms with Crippen molar-refractivity contribution in [3.63, 3.8) is 0 Å². The first-order chi connectivity index (χ1) is 16.6. The van der Waals surface area contributed by atoms with E-state index in [0.29, 0.717) is 57.8 Å².